The van der Waals surface area contributed by atoms with Gasteiger partial charge in [-0.25, -0.2) is 8.42 Å². The SMILES string of the molecule is COC(=O)CCc1ccc([SH](=O)=O)cc1. The van der Waals surface area contributed by atoms with Crippen molar-refractivity contribution in [3.05, 3.63) is 29.8 Å². The van der Waals surface area contributed by atoms with Gasteiger partial charge < -0.3 is 4.74 Å². The lowest BCUT2D eigenvalue weighted by atomic mass is 10.1. The van der Waals surface area contributed by atoms with Gasteiger partial charge in [0, 0.05) is 6.42 Å². The fraction of sp³-hybridized carbons (Fsp3) is 0.300. The molecule has 0 aliphatic carbocycles. The highest BCUT2D eigenvalue weighted by Crippen LogP contribution is 2.07. The quantitative estimate of drug-likeness (QED) is 0.610. The first-order chi connectivity index (χ1) is 7.13. The van der Waals surface area contributed by atoms with Crippen LogP contribution in [0.3, 0.4) is 0 Å². The molecule has 0 saturated carbocycles. The second-order valence-corrected chi connectivity index (χ2v) is 4.03. The Kier molecular flexibility index (Phi) is 4.30. The van der Waals surface area contributed by atoms with E-state index >= 15 is 0 Å². The fourth-order valence-corrected chi connectivity index (χ4v) is 1.53. The molecule has 0 radical (unpaired) electrons. The van der Waals surface area contributed by atoms with Crippen LogP contribution in [-0.2, 0) is 26.7 Å². The Balaban J connectivity index is 2.61. The Morgan fingerprint density at radius 2 is 1.87 bits per heavy atom. The summed E-state index contributed by atoms with van der Waals surface area (Å²) in [4.78, 5) is 11.1. The first kappa shape index (κ1) is 11.7. The molecular formula is C10H12O4S. The average molecular weight is 228 g/mol. The molecule has 15 heavy (non-hydrogen) atoms. The third-order valence-electron chi connectivity index (χ3n) is 1.99. The summed E-state index contributed by atoms with van der Waals surface area (Å²) < 4.78 is 25.7. The van der Waals surface area contributed by atoms with Crippen LogP contribution in [-0.4, -0.2) is 21.5 Å². The molecule has 0 spiro atoms. The maximum absolute atomic E-state index is 10.8. The number of hydrogen-bond donors (Lipinski definition) is 1. The van der Waals surface area contributed by atoms with Crippen molar-refractivity contribution in [2.45, 2.75) is 17.7 Å². The molecule has 0 saturated heterocycles. The van der Waals surface area contributed by atoms with Gasteiger partial charge in [-0.3, -0.25) is 4.79 Å². The van der Waals surface area contributed by atoms with Gasteiger partial charge in [0.2, 0.25) is 0 Å². The fourth-order valence-electron chi connectivity index (χ4n) is 1.13. The van der Waals surface area contributed by atoms with Gasteiger partial charge >= 0.3 is 5.97 Å². The first-order valence-electron chi connectivity index (χ1n) is 4.43. The molecule has 82 valence electrons. The molecule has 0 heterocycles. The molecule has 0 fully saturated rings. The molecular weight excluding hydrogens is 216 g/mol. The minimum absolute atomic E-state index is 0.269. The van der Waals surface area contributed by atoms with E-state index in [0.717, 1.165) is 5.56 Å². The molecule has 5 heteroatoms. The lowest BCUT2D eigenvalue weighted by Crippen LogP contribution is -2.01. The highest BCUT2D eigenvalue weighted by atomic mass is 32.2. The molecule has 0 aromatic heterocycles. The maximum atomic E-state index is 10.8. The Labute approximate surface area is 89.8 Å². The molecule has 1 aromatic carbocycles. The van der Waals surface area contributed by atoms with Crippen molar-refractivity contribution in [1.29, 1.82) is 0 Å². The minimum Gasteiger partial charge on any atom is -0.469 e. The van der Waals surface area contributed by atoms with Gasteiger partial charge in [0.1, 0.15) is 0 Å². The van der Waals surface area contributed by atoms with Crippen LogP contribution in [0, 0.1) is 0 Å². The van der Waals surface area contributed by atoms with Gasteiger partial charge in [-0.2, -0.15) is 0 Å². The van der Waals surface area contributed by atoms with Crippen LogP contribution < -0.4 is 0 Å². The van der Waals surface area contributed by atoms with Crippen LogP contribution in [0.4, 0.5) is 0 Å². The summed E-state index contributed by atoms with van der Waals surface area (Å²) in [5, 5.41) is 0. The Hall–Kier alpha value is -1.36. The summed E-state index contributed by atoms with van der Waals surface area (Å²) in [7, 11) is -1.18. The zero-order chi connectivity index (χ0) is 11.3. The zero-order valence-corrected chi connectivity index (χ0v) is 9.20. The molecule has 0 unspecified atom stereocenters. The number of benzene rings is 1. The summed E-state index contributed by atoms with van der Waals surface area (Å²) in [6, 6.07) is 6.45. The van der Waals surface area contributed by atoms with E-state index in [2.05, 4.69) is 4.74 Å². The van der Waals surface area contributed by atoms with Gasteiger partial charge in [0.05, 0.1) is 12.0 Å². The van der Waals surface area contributed by atoms with Crippen LogP contribution in [0.1, 0.15) is 12.0 Å². The zero-order valence-electron chi connectivity index (χ0n) is 8.30. The number of ether oxygens (including phenoxy) is 1. The van der Waals surface area contributed by atoms with Crippen molar-refractivity contribution in [3.63, 3.8) is 0 Å². The third-order valence-corrected chi connectivity index (χ3v) is 2.71. The number of thiol groups is 1. The third kappa shape index (κ3) is 3.71. The lowest BCUT2D eigenvalue weighted by molar-refractivity contribution is -0.140. The number of hydrogen-bond acceptors (Lipinski definition) is 4. The molecule has 0 atom stereocenters. The monoisotopic (exact) mass is 228 g/mol. The van der Waals surface area contributed by atoms with Crippen LogP contribution >= 0.6 is 0 Å². The van der Waals surface area contributed by atoms with Gasteiger partial charge in [-0.1, -0.05) is 12.1 Å². The number of carbonyl (C=O) groups is 1. The normalized spacial score (nSPS) is 10.3. The molecule has 0 amide bonds. The van der Waals surface area contributed by atoms with Crippen LogP contribution in [0.15, 0.2) is 29.2 Å². The van der Waals surface area contributed by atoms with E-state index in [4.69, 9.17) is 0 Å². The Morgan fingerprint density at radius 3 is 2.33 bits per heavy atom. The lowest BCUT2D eigenvalue weighted by Gasteiger charge is -2.00. The van der Waals surface area contributed by atoms with E-state index in [-0.39, 0.29) is 10.9 Å². The van der Waals surface area contributed by atoms with Gasteiger partial charge in [-0.15, -0.1) is 0 Å². The maximum Gasteiger partial charge on any atom is 0.305 e. The van der Waals surface area contributed by atoms with Gasteiger partial charge in [0.15, 0.2) is 10.7 Å². The first-order valence-corrected chi connectivity index (χ1v) is 5.61. The average Bonchev–Trinajstić information content (AvgIpc) is 2.26. The number of rotatable bonds is 4. The van der Waals surface area contributed by atoms with Crippen molar-refractivity contribution in [3.8, 4) is 0 Å². The number of carbonyl (C=O) groups excluding carboxylic acids is 1. The number of methoxy groups -OCH3 is 1. The van der Waals surface area contributed by atoms with Crippen molar-refractivity contribution in [2.75, 3.05) is 7.11 Å². The largest absolute Gasteiger partial charge is 0.469 e. The molecule has 1 aromatic rings. The molecule has 0 N–H and O–H groups in total. The van der Waals surface area contributed by atoms with Gasteiger partial charge in [0.25, 0.3) is 0 Å². The van der Waals surface area contributed by atoms with E-state index in [1.54, 1.807) is 12.1 Å². The molecule has 1 rings (SSSR count). The van der Waals surface area contributed by atoms with Crippen molar-refractivity contribution >= 4 is 16.7 Å². The van der Waals surface area contributed by atoms with E-state index in [1.807, 2.05) is 0 Å². The molecule has 4 nitrogen and oxygen atoms in total. The second-order valence-electron chi connectivity index (χ2n) is 3.00. The Morgan fingerprint density at radius 1 is 1.27 bits per heavy atom. The second kappa shape index (κ2) is 5.50. The van der Waals surface area contributed by atoms with Crippen molar-refractivity contribution < 1.29 is 17.9 Å². The van der Waals surface area contributed by atoms with E-state index in [0.29, 0.717) is 12.8 Å². The van der Waals surface area contributed by atoms with Crippen molar-refractivity contribution in [1.82, 2.24) is 0 Å². The van der Waals surface area contributed by atoms with Crippen LogP contribution in [0.2, 0.25) is 0 Å². The highest BCUT2D eigenvalue weighted by molar-refractivity contribution is 7.72. The topological polar surface area (TPSA) is 60.4 Å². The number of aryl methyl sites for hydroxylation is 1. The van der Waals surface area contributed by atoms with Crippen LogP contribution in [0.5, 0.6) is 0 Å². The molecule has 0 aliphatic rings. The van der Waals surface area contributed by atoms with Crippen molar-refractivity contribution in [2.24, 2.45) is 0 Å². The minimum atomic E-state index is -2.52. The smallest absolute Gasteiger partial charge is 0.305 e. The van der Waals surface area contributed by atoms with E-state index in [9.17, 15) is 13.2 Å². The van der Waals surface area contributed by atoms with E-state index in [1.165, 1.54) is 19.2 Å². The summed E-state index contributed by atoms with van der Waals surface area (Å²) in [6.07, 6.45) is 0.863. The standard InChI is InChI=1S/C10H12O4S/c1-14-10(11)7-4-8-2-5-9(6-3-8)15(12)13/h2-3,5-6,15H,4,7H2,1H3. The highest BCUT2D eigenvalue weighted by Gasteiger charge is 2.01. The molecule has 0 bridgehead atoms. The number of esters is 1. The van der Waals surface area contributed by atoms with E-state index < -0.39 is 10.7 Å². The summed E-state index contributed by atoms with van der Waals surface area (Å²) >= 11 is 0. The predicted octanol–water partition coefficient (Wildman–Crippen LogP) is 0.762. The predicted molar refractivity (Wildman–Crippen MR) is 55.4 cm³/mol. The van der Waals surface area contributed by atoms with Crippen LogP contribution in [0.25, 0.3) is 0 Å². The van der Waals surface area contributed by atoms with Gasteiger partial charge in [-0.05, 0) is 24.1 Å². The summed E-state index contributed by atoms with van der Waals surface area (Å²) in [6.45, 7) is 0. The molecule has 0 aliphatic heterocycles. The Bertz CT molecular complexity index is 398. The summed E-state index contributed by atoms with van der Waals surface area (Å²) in [5.41, 5.74) is 0.918. The summed E-state index contributed by atoms with van der Waals surface area (Å²) in [5.74, 6) is -0.269.